The highest BCUT2D eigenvalue weighted by molar-refractivity contribution is 7.52. The number of ketones is 1. The van der Waals surface area contributed by atoms with Crippen LogP contribution in [-0.2, 0) is 18.4 Å². The quantitative estimate of drug-likeness (QED) is 0.544. The van der Waals surface area contributed by atoms with Gasteiger partial charge < -0.3 is 9.05 Å². The van der Waals surface area contributed by atoms with Gasteiger partial charge in [0.1, 0.15) is 6.61 Å². The number of carbonyl (C=O) groups is 1. The predicted octanol–water partition coefficient (Wildman–Crippen LogP) is 2.87. The Bertz CT molecular complexity index is 362. The van der Waals surface area contributed by atoms with Gasteiger partial charge in [-0.15, -0.1) is 11.8 Å². The van der Waals surface area contributed by atoms with Crippen LogP contribution in [0.3, 0.4) is 0 Å². The summed E-state index contributed by atoms with van der Waals surface area (Å²) in [6, 6.07) is 0. The van der Waals surface area contributed by atoms with Crippen LogP contribution >= 0.6 is 7.60 Å². The van der Waals surface area contributed by atoms with Gasteiger partial charge in [-0.25, -0.2) is 0 Å². The van der Waals surface area contributed by atoms with E-state index in [0.717, 1.165) is 6.42 Å². The zero-order valence-electron chi connectivity index (χ0n) is 11.2. The van der Waals surface area contributed by atoms with Gasteiger partial charge >= 0.3 is 7.60 Å². The molecule has 0 amide bonds. The van der Waals surface area contributed by atoms with Crippen LogP contribution in [0.5, 0.6) is 0 Å². The van der Waals surface area contributed by atoms with E-state index in [2.05, 4.69) is 16.4 Å². The van der Waals surface area contributed by atoms with E-state index < -0.39 is 13.0 Å². The zero-order valence-corrected chi connectivity index (χ0v) is 12.1. The minimum absolute atomic E-state index is 0.123. The van der Waals surface area contributed by atoms with Gasteiger partial charge in [0.2, 0.25) is 0 Å². The van der Waals surface area contributed by atoms with Crippen LogP contribution in [0.25, 0.3) is 0 Å². The van der Waals surface area contributed by atoms with E-state index >= 15 is 0 Å². The number of rotatable bonds is 6. The fourth-order valence-electron chi connectivity index (χ4n) is 0.931. The Morgan fingerprint density at radius 1 is 1.35 bits per heavy atom. The minimum atomic E-state index is -3.09. The van der Waals surface area contributed by atoms with Crippen molar-refractivity contribution in [3.8, 4) is 11.8 Å². The summed E-state index contributed by atoms with van der Waals surface area (Å²) in [5.41, 5.74) is -0.587. The molecule has 4 nitrogen and oxygen atoms in total. The second kappa shape index (κ2) is 6.96. The number of hydrogen-bond acceptors (Lipinski definition) is 4. The molecule has 0 saturated carbocycles. The number of hydrogen-bond donors (Lipinski definition) is 0. The molecule has 0 radical (unpaired) electrons. The molecule has 0 fully saturated rings. The van der Waals surface area contributed by atoms with Crippen molar-refractivity contribution in [1.82, 2.24) is 0 Å². The van der Waals surface area contributed by atoms with Gasteiger partial charge in [-0.3, -0.25) is 9.36 Å². The molecule has 1 atom stereocenters. The van der Waals surface area contributed by atoms with Crippen molar-refractivity contribution in [2.75, 3.05) is 20.4 Å². The molecular formula is C12H21O4P. The second-order valence-corrected chi connectivity index (χ2v) is 6.58. The minimum Gasteiger partial charge on any atom is -0.312 e. The third kappa shape index (κ3) is 6.63. The summed E-state index contributed by atoms with van der Waals surface area (Å²) in [7, 11) is -1.79. The molecule has 0 heterocycles. The van der Waals surface area contributed by atoms with Gasteiger partial charge in [-0.05, 0) is 0 Å². The molecule has 0 N–H and O–H groups in total. The fourth-order valence-corrected chi connectivity index (χ4v) is 1.39. The van der Waals surface area contributed by atoms with Crippen molar-refractivity contribution in [2.24, 2.45) is 5.41 Å². The van der Waals surface area contributed by atoms with Crippen molar-refractivity contribution in [3.63, 3.8) is 0 Å². The topological polar surface area (TPSA) is 52.6 Å². The van der Waals surface area contributed by atoms with Gasteiger partial charge in [0.25, 0.3) is 0 Å². The van der Waals surface area contributed by atoms with Crippen LogP contribution in [0, 0.1) is 17.3 Å². The SMILES string of the molecule is CCC#CCC(C)(C)C(=O)COP(C)(=O)OC. The first-order valence-electron chi connectivity index (χ1n) is 5.52. The first-order chi connectivity index (χ1) is 7.75. The maximum Gasteiger partial charge on any atom is 0.327 e. The van der Waals surface area contributed by atoms with Crippen LogP contribution in [-0.4, -0.2) is 26.2 Å². The Hall–Kier alpha value is -0.620. The molecule has 5 heteroatoms. The van der Waals surface area contributed by atoms with E-state index in [1.807, 2.05) is 6.92 Å². The van der Waals surface area contributed by atoms with Gasteiger partial charge in [0.05, 0.1) is 0 Å². The Labute approximate surface area is 104 Å². The molecule has 0 aromatic heterocycles. The predicted molar refractivity (Wildman–Crippen MR) is 68.0 cm³/mol. The second-order valence-electron chi connectivity index (χ2n) is 4.42. The van der Waals surface area contributed by atoms with Crippen LogP contribution in [0.2, 0.25) is 0 Å². The molecule has 0 aliphatic carbocycles. The van der Waals surface area contributed by atoms with Crippen molar-refractivity contribution in [3.05, 3.63) is 0 Å². The average molecular weight is 260 g/mol. The monoisotopic (exact) mass is 260 g/mol. The van der Waals surface area contributed by atoms with Crippen molar-refractivity contribution >= 4 is 13.4 Å². The fraction of sp³-hybridized carbons (Fsp3) is 0.750. The lowest BCUT2D eigenvalue weighted by atomic mass is 9.85. The van der Waals surface area contributed by atoms with E-state index in [0.29, 0.717) is 6.42 Å². The molecule has 98 valence electrons. The van der Waals surface area contributed by atoms with E-state index in [4.69, 9.17) is 4.52 Å². The van der Waals surface area contributed by atoms with Gasteiger partial charge in [-0.1, -0.05) is 20.8 Å². The lowest BCUT2D eigenvalue weighted by molar-refractivity contribution is -0.129. The molecule has 0 aromatic rings. The maximum absolute atomic E-state index is 11.9. The third-order valence-electron chi connectivity index (χ3n) is 2.35. The Morgan fingerprint density at radius 3 is 2.41 bits per heavy atom. The summed E-state index contributed by atoms with van der Waals surface area (Å²) in [6.07, 6.45) is 1.25. The molecule has 0 aliphatic heterocycles. The normalized spacial score (nSPS) is 14.6. The van der Waals surface area contributed by atoms with Crippen LogP contribution in [0.15, 0.2) is 0 Å². The summed E-state index contributed by atoms with van der Waals surface area (Å²) < 4.78 is 21.1. The molecule has 0 spiro atoms. The molecule has 1 unspecified atom stereocenters. The highest BCUT2D eigenvalue weighted by Gasteiger charge is 2.28. The Kier molecular flexibility index (Phi) is 6.70. The molecular weight excluding hydrogens is 239 g/mol. The van der Waals surface area contributed by atoms with Crippen LogP contribution in [0.1, 0.15) is 33.6 Å². The average Bonchev–Trinajstić information content (AvgIpc) is 2.26. The lowest BCUT2D eigenvalue weighted by Crippen LogP contribution is -2.27. The lowest BCUT2D eigenvalue weighted by Gasteiger charge is -2.21. The van der Waals surface area contributed by atoms with Crippen molar-refractivity contribution in [2.45, 2.75) is 33.6 Å². The van der Waals surface area contributed by atoms with E-state index in [1.54, 1.807) is 13.8 Å². The summed E-state index contributed by atoms with van der Waals surface area (Å²) in [4.78, 5) is 11.9. The van der Waals surface area contributed by atoms with Gasteiger partial charge in [-0.2, -0.15) is 0 Å². The Balaban J connectivity index is 4.35. The standard InChI is InChI=1S/C12H21O4P/c1-6-7-8-9-12(2,3)11(13)10-16-17(5,14)15-4/h6,9-10H2,1-5H3. The van der Waals surface area contributed by atoms with Crippen molar-refractivity contribution < 1.29 is 18.4 Å². The molecule has 0 aliphatic rings. The Morgan fingerprint density at radius 2 is 1.94 bits per heavy atom. The smallest absolute Gasteiger partial charge is 0.312 e. The largest absolute Gasteiger partial charge is 0.327 e. The molecule has 0 rings (SSSR count). The highest BCUT2D eigenvalue weighted by Crippen LogP contribution is 2.42. The first-order valence-corrected chi connectivity index (χ1v) is 7.51. The number of Topliss-reactive ketones (excluding diaryl/α,β-unsaturated/α-hetero) is 1. The summed E-state index contributed by atoms with van der Waals surface area (Å²) in [5, 5.41) is 0. The molecule has 17 heavy (non-hydrogen) atoms. The van der Waals surface area contributed by atoms with E-state index in [-0.39, 0.29) is 12.4 Å². The summed E-state index contributed by atoms with van der Waals surface area (Å²) >= 11 is 0. The van der Waals surface area contributed by atoms with Crippen LogP contribution in [0.4, 0.5) is 0 Å². The first kappa shape index (κ1) is 16.4. The molecule has 0 aromatic carbocycles. The zero-order chi connectivity index (χ0) is 13.5. The van der Waals surface area contributed by atoms with E-state index in [1.165, 1.54) is 13.8 Å². The van der Waals surface area contributed by atoms with E-state index in [9.17, 15) is 9.36 Å². The third-order valence-corrected chi connectivity index (χ3v) is 3.61. The number of carbonyl (C=O) groups excluding carboxylic acids is 1. The molecule has 0 saturated heterocycles. The van der Waals surface area contributed by atoms with Gasteiger partial charge in [0, 0.05) is 32.0 Å². The maximum atomic E-state index is 11.9. The summed E-state index contributed by atoms with van der Waals surface area (Å²) in [5.74, 6) is 5.74. The highest BCUT2D eigenvalue weighted by atomic mass is 31.2. The van der Waals surface area contributed by atoms with Gasteiger partial charge in [0.15, 0.2) is 5.78 Å². The summed E-state index contributed by atoms with van der Waals surface area (Å²) in [6.45, 7) is 6.69. The molecule has 0 bridgehead atoms. The van der Waals surface area contributed by atoms with Crippen molar-refractivity contribution in [1.29, 1.82) is 0 Å². The van der Waals surface area contributed by atoms with Crippen LogP contribution < -0.4 is 0 Å².